The quantitative estimate of drug-likeness (QED) is 0.720. The SMILES string of the molecule is Cc1ccc(CN2CCOCC2)cn1.Cc1ccc(COS(C)(=O)=O)cn1. The molecule has 0 radical (unpaired) electrons. The zero-order chi connectivity index (χ0) is 19.7. The number of morpholine rings is 1. The van der Waals surface area contributed by atoms with Crippen molar-refractivity contribution in [3.63, 3.8) is 0 Å². The Morgan fingerprint density at radius 1 is 1.00 bits per heavy atom. The van der Waals surface area contributed by atoms with Gasteiger partial charge in [0.2, 0.25) is 0 Å². The van der Waals surface area contributed by atoms with Crippen molar-refractivity contribution in [2.45, 2.75) is 27.0 Å². The van der Waals surface area contributed by atoms with Crippen LogP contribution in [0.4, 0.5) is 0 Å². The van der Waals surface area contributed by atoms with Crippen molar-refractivity contribution in [3.8, 4) is 0 Å². The summed E-state index contributed by atoms with van der Waals surface area (Å²) >= 11 is 0. The first kappa shape index (κ1) is 21.4. The highest BCUT2D eigenvalue weighted by atomic mass is 32.2. The van der Waals surface area contributed by atoms with E-state index < -0.39 is 10.1 Å². The lowest BCUT2D eigenvalue weighted by Gasteiger charge is -2.26. The molecule has 148 valence electrons. The van der Waals surface area contributed by atoms with Crippen molar-refractivity contribution in [3.05, 3.63) is 59.2 Å². The van der Waals surface area contributed by atoms with Crippen LogP contribution in [0.5, 0.6) is 0 Å². The maximum Gasteiger partial charge on any atom is 0.264 e. The van der Waals surface area contributed by atoms with Crippen LogP contribution >= 0.6 is 0 Å². The minimum atomic E-state index is -3.36. The van der Waals surface area contributed by atoms with Gasteiger partial charge >= 0.3 is 0 Å². The highest BCUT2D eigenvalue weighted by Gasteiger charge is 2.10. The second kappa shape index (κ2) is 10.5. The molecule has 0 unspecified atom stereocenters. The van der Waals surface area contributed by atoms with E-state index >= 15 is 0 Å². The van der Waals surface area contributed by atoms with E-state index in [1.54, 1.807) is 18.3 Å². The van der Waals surface area contributed by atoms with Gasteiger partial charge in [-0.15, -0.1) is 0 Å². The Morgan fingerprint density at radius 3 is 2.04 bits per heavy atom. The normalized spacial score (nSPS) is 15.1. The number of aryl methyl sites for hydroxylation is 2. The number of hydrogen-bond donors (Lipinski definition) is 0. The van der Waals surface area contributed by atoms with Crippen LogP contribution in [0, 0.1) is 13.8 Å². The summed E-state index contributed by atoms with van der Waals surface area (Å²) in [6.07, 6.45) is 4.58. The molecule has 3 heterocycles. The van der Waals surface area contributed by atoms with Crippen molar-refractivity contribution in [1.82, 2.24) is 14.9 Å². The molecule has 2 aromatic heterocycles. The molecule has 7 nitrogen and oxygen atoms in total. The van der Waals surface area contributed by atoms with Crippen molar-refractivity contribution in [2.75, 3.05) is 32.6 Å². The maximum absolute atomic E-state index is 10.6. The first-order valence-electron chi connectivity index (χ1n) is 8.79. The number of ether oxygens (including phenoxy) is 1. The van der Waals surface area contributed by atoms with Crippen LogP contribution in [0.15, 0.2) is 36.7 Å². The first-order chi connectivity index (χ1) is 12.8. The Morgan fingerprint density at radius 2 is 1.56 bits per heavy atom. The highest BCUT2D eigenvalue weighted by Crippen LogP contribution is 2.06. The van der Waals surface area contributed by atoms with E-state index in [4.69, 9.17) is 4.74 Å². The number of aromatic nitrogens is 2. The summed E-state index contributed by atoms with van der Waals surface area (Å²) in [4.78, 5) is 10.7. The Kier molecular flexibility index (Phi) is 8.30. The molecule has 1 aliphatic rings. The van der Waals surface area contributed by atoms with Crippen LogP contribution in [0.25, 0.3) is 0 Å². The van der Waals surface area contributed by atoms with Crippen molar-refractivity contribution < 1.29 is 17.3 Å². The third-order valence-corrected chi connectivity index (χ3v) is 4.44. The number of hydrogen-bond acceptors (Lipinski definition) is 7. The van der Waals surface area contributed by atoms with E-state index in [1.807, 2.05) is 20.0 Å². The standard InChI is InChI=1S/C11H16N2O.C8H11NO3S/c1-10-2-3-11(8-12-10)9-13-4-6-14-7-5-13;1-7-3-4-8(5-9-7)6-12-13(2,10)11/h2-3,8H,4-7,9H2,1H3;3-5H,6H2,1-2H3. The molecule has 0 atom stereocenters. The molecule has 1 saturated heterocycles. The third kappa shape index (κ3) is 9.05. The van der Waals surface area contributed by atoms with Crippen molar-refractivity contribution in [2.24, 2.45) is 0 Å². The number of pyridine rings is 2. The number of rotatable bonds is 5. The summed E-state index contributed by atoms with van der Waals surface area (Å²) in [6, 6.07) is 7.81. The van der Waals surface area contributed by atoms with Crippen LogP contribution in [0.3, 0.4) is 0 Å². The third-order valence-electron chi connectivity index (χ3n) is 3.89. The molecule has 8 heteroatoms. The summed E-state index contributed by atoms with van der Waals surface area (Å²) in [7, 11) is -3.36. The smallest absolute Gasteiger partial charge is 0.264 e. The molecule has 1 aliphatic heterocycles. The fraction of sp³-hybridized carbons (Fsp3) is 0.474. The monoisotopic (exact) mass is 393 g/mol. The molecule has 0 amide bonds. The topological polar surface area (TPSA) is 81.6 Å². The Labute approximate surface area is 161 Å². The molecule has 0 N–H and O–H groups in total. The zero-order valence-electron chi connectivity index (χ0n) is 16.1. The summed E-state index contributed by atoms with van der Waals surface area (Å²) in [5, 5.41) is 0. The molecule has 3 rings (SSSR count). The second-order valence-corrected chi connectivity index (χ2v) is 8.11. The lowest BCUT2D eigenvalue weighted by molar-refractivity contribution is 0.0341. The summed E-state index contributed by atoms with van der Waals surface area (Å²) in [6.45, 7) is 8.71. The van der Waals surface area contributed by atoms with Gasteiger partial charge in [0.25, 0.3) is 10.1 Å². The van der Waals surface area contributed by atoms with Gasteiger partial charge < -0.3 is 4.74 Å². The van der Waals surface area contributed by atoms with E-state index in [0.717, 1.165) is 56.1 Å². The van der Waals surface area contributed by atoms with E-state index in [-0.39, 0.29) is 6.61 Å². The average Bonchev–Trinajstić information content (AvgIpc) is 2.64. The minimum absolute atomic E-state index is 0.0477. The molecule has 0 aliphatic carbocycles. The lowest BCUT2D eigenvalue weighted by Crippen LogP contribution is -2.35. The van der Waals surface area contributed by atoms with Gasteiger partial charge in [-0.1, -0.05) is 12.1 Å². The second-order valence-electron chi connectivity index (χ2n) is 6.47. The Hall–Kier alpha value is -1.87. The molecule has 0 spiro atoms. The van der Waals surface area contributed by atoms with Crippen LogP contribution in [-0.2, 0) is 32.2 Å². The summed E-state index contributed by atoms with van der Waals surface area (Å²) in [5.41, 5.74) is 4.01. The fourth-order valence-corrected chi connectivity index (χ4v) is 2.72. The van der Waals surface area contributed by atoms with Gasteiger partial charge in [0.1, 0.15) is 0 Å². The zero-order valence-corrected chi connectivity index (χ0v) is 16.9. The maximum atomic E-state index is 10.6. The van der Waals surface area contributed by atoms with Gasteiger partial charge in [0.15, 0.2) is 0 Å². The van der Waals surface area contributed by atoms with E-state index in [0.29, 0.717) is 0 Å². The van der Waals surface area contributed by atoms with Gasteiger partial charge in [0.05, 0.1) is 26.1 Å². The van der Waals surface area contributed by atoms with Crippen LogP contribution < -0.4 is 0 Å². The van der Waals surface area contributed by atoms with Crippen molar-refractivity contribution >= 4 is 10.1 Å². The van der Waals surface area contributed by atoms with Crippen molar-refractivity contribution in [1.29, 1.82) is 0 Å². The van der Waals surface area contributed by atoms with Gasteiger partial charge in [-0.3, -0.25) is 19.1 Å². The molecule has 27 heavy (non-hydrogen) atoms. The molecular weight excluding hydrogens is 366 g/mol. The van der Waals surface area contributed by atoms with Gasteiger partial charge in [0, 0.05) is 43.4 Å². The molecular formula is C19H27N3O4S. The summed E-state index contributed by atoms with van der Waals surface area (Å²) in [5.74, 6) is 0. The van der Waals surface area contributed by atoms with Crippen LogP contribution in [0.1, 0.15) is 22.5 Å². The fourth-order valence-electron chi connectivity index (χ4n) is 2.37. The predicted molar refractivity (Wildman–Crippen MR) is 104 cm³/mol. The molecule has 0 saturated carbocycles. The van der Waals surface area contributed by atoms with E-state index in [2.05, 4.69) is 31.2 Å². The van der Waals surface area contributed by atoms with E-state index in [1.165, 1.54) is 5.56 Å². The van der Waals surface area contributed by atoms with Gasteiger partial charge in [-0.2, -0.15) is 8.42 Å². The van der Waals surface area contributed by atoms with Crippen LogP contribution in [0.2, 0.25) is 0 Å². The van der Waals surface area contributed by atoms with Gasteiger partial charge in [-0.05, 0) is 37.1 Å². The first-order valence-corrected chi connectivity index (χ1v) is 10.6. The minimum Gasteiger partial charge on any atom is -0.379 e. The number of nitrogens with zero attached hydrogens (tertiary/aromatic N) is 3. The lowest BCUT2D eigenvalue weighted by atomic mass is 10.2. The molecule has 1 fully saturated rings. The summed E-state index contributed by atoms with van der Waals surface area (Å²) < 4.78 is 31.1. The molecule has 0 aromatic carbocycles. The van der Waals surface area contributed by atoms with E-state index in [9.17, 15) is 8.42 Å². The molecule has 0 bridgehead atoms. The van der Waals surface area contributed by atoms with Gasteiger partial charge in [-0.25, -0.2) is 0 Å². The Bertz CT molecular complexity index is 787. The molecule has 2 aromatic rings. The highest BCUT2D eigenvalue weighted by molar-refractivity contribution is 7.85. The van der Waals surface area contributed by atoms with Crippen LogP contribution in [-0.4, -0.2) is 55.8 Å². The largest absolute Gasteiger partial charge is 0.379 e. The Balaban J connectivity index is 0.000000194. The average molecular weight is 394 g/mol. The predicted octanol–water partition coefficient (Wildman–Crippen LogP) is 2.09.